The van der Waals surface area contributed by atoms with Crippen molar-refractivity contribution in [3.05, 3.63) is 89.0 Å². The fourth-order valence-corrected chi connectivity index (χ4v) is 4.33. The molecule has 6 heteroatoms. The fraction of sp³-hybridized carbons (Fsp3) is 0.296. The van der Waals surface area contributed by atoms with E-state index in [0.29, 0.717) is 12.3 Å². The van der Waals surface area contributed by atoms with Gasteiger partial charge in [-0.15, -0.1) is 0 Å². The van der Waals surface area contributed by atoms with Crippen molar-refractivity contribution in [1.29, 1.82) is 0 Å². The summed E-state index contributed by atoms with van der Waals surface area (Å²) in [7, 11) is 3.31. The molecule has 3 aromatic rings. The van der Waals surface area contributed by atoms with Crippen LogP contribution in [0.4, 0.5) is 10.5 Å². The van der Waals surface area contributed by atoms with E-state index < -0.39 is 0 Å². The molecule has 1 aliphatic rings. The summed E-state index contributed by atoms with van der Waals surface area (Å²) in [5, 5.41) is 6.00. The number of fused-ring (bicyclic) bond motifs is 1. The number of aryl methyl sites for hydroxylation is 1. The van der Waals surface area contributed by atoms with Gasteiger partial charge in [0.05, 0.1) is 20.3 Å². The van der Waals surface area contributed by atoms with Crippen LogP contribution in [0, 0.1) is 6.92 Å². The first-order valence-electron chi connectivity index (χ1n) is 11.2. The van der Waals surface area contributed by atoms with E-state index >= 15 is 0 Å². The largest absolute Gasteiger partial charge is 0.493 e. The molecule has 0 spiro atoms. The van der Waals surface area contributed by atoms with Crippen molar-refractivity contribution in [3.8, 4) is 11.5 Å². The van der Waals surface area contributed by atoms with Crippen LogP contribution in [0.25, 0.3) is 0 Å². The maximum Gasteiger partial charge on any atom is 0.319 e. The minimum atomic E-state index is -0.217. The van der Waals surface area contributed by atoms with Gasteiger partial charge in [-0.3, -0.25) is 4.90 Å². The van der Waals surface area contributed by atoms with Crippen molar-refractivity contribution < 1.29 is 14.3 Å². The first kappa shape index (κ1) is 22.7. The van der Waals surface area contributed by atoms with E-state index in [1.807, 2.05) is 37.3 Å². The third-order valence-corrected chi connectivity index (χ3v) is 6.11. The SMILES string of the molecule is COc1cc2c(cc1OC)C(CNC(=O)Nc1ccc(C)cc1)N(Cc1ccccc1)CC2. The predicted octanol–water partition coefficient (Wildman–Crippen LogP) is 4.93. The number of methoxy groups -OCH3 is 2. The van der Waals surface area contributed by atoms with Gasteiger partial charge in [-0.1, -0.05) is 48.0 Å². The number of carbonyl (C=O) groups is 1. The van der Waals surface area contributed by atoms with Crippen LogP contribution in [0.15, 0.2) is 66.7 Å². The van der Waals surface area contributed by atoms with Crippen LogP contribution >= 0.6 is 0 Å². The third-order valence-electron chi connectivity index (χ3n) is 6.11. The monoisotopic (exact) mass is 445 g/mol. The summed E-state index contributed by atoms with van der Waals surface area (Å²) >= 11 is 0. The highest BCUT2D eigenvalue weighted by molar-refractivity contribution is 5.89. The molecule has 33 heavy (non-hydrogen) atoms. The molecular weight excluding hydrogens is 414 g/mol. The standard InChI is InChI=1S/C27H31N3O3/c1-19-9-11-22(12-10-19)29-27(31)28-17-24-23-16-26(33-3)25(32-2)15-21(23)13-14-30(24)18-20-7-5-4-6-8-20/h4-12,15-16,24H,13-14,17-18H2,1-3H3,(H2,28,29,31). The fourth-order valence-electron chi connectivity index (χ4n) is 4.33. The van der Waals surface area contributed by atoms with Crippen LogP contribution in [-0.2, 0) is 13.0 Å². The van der Waals surface area contributed by atoms with Crippen molar-refractivity contribution in [3.63, 3.8) is 0 Å². The summed E-state index contributed by atoms with van der Waals surface area (Å²) < 4.78 is 11.1. The molecule has 0 saturated heterocycles. The molecule has 4 rings (SSSR count). The number of hydrogen-bond donors (Lipinski definition) is 2. The Balaban J connectivity index is 1.55. The zero-order chi connectivity index (χ0) is 23.2. The molecule has 0 fully saturated rings. The van der Waals surface area contributed by atoms with E-state index in [0.717, 1.165) is 42.1 Å². The van der Waals surface area contributed by atoms with E-state index in [9.17, 15) is 4.79 Å². The second-order valence-corrected chi connectivity index (χ2v) is 8.33. The molecule has 6 nitrogen and oxygen atoms in total. The summed E-state index contributed by atoms with van der Waals surface area (Å²) in [6.45, 7) is 4.20. The van der Waals surface area contributed by atoms with Gasteiger partial charge in [-0.2, -0.15) is 0 Å². The molecule has 0 radical (unpaired) electrons. The lowest BCUT2D eigenvalue weighted by Gasteiger charge is -2.38. The summed E-state index contributed by atoms with van der Waals surface area (Å²) in [5.41, 5.74) is 5.55. The van der Waals surface area contributed by atoms with Crippen LogP contribution in [-0.4, -0.2) is 38.2 Å². The van der Waals surface area contributed by atoms with E-state index in [4.69, 9.17) is 9.47 Å². The van der Waals surface area contributed by atoms with Crippen molar-refractivity contribution in [2.45, 2.75) is 25.9 Å². The second-order valence-electron chi connectivity index (χ2n) is 8.33. The number of nitrogens with one attached hydrogen (secondary N) is 2. The molecule has 2 amide bonds. The number of anilines is 1. The minimum Gasteiger partial charge on any atom is -0.493 e. The quantitative estimate of drug-likeness (QED) is 0.541. The molecule has 172 valence electrons. The van der Waals surface area contributed by atoms with Gasteiger partial charge in [0.15, 0.2) is 11.5 Å². The van der Waals surface area contributed by atoms with E-state index in [2.05, 4.69) is 51.9 Å². The molecule has 1 atom stereocenters. The first-order chi connectivity index (χ1) is 16.1. The summed E-state index contributed by atoms with van der Waals surface area (Å²) in [6.07, 6.45) is 0.911. The molecule has 0 bridgehead atoms. The average Bonchev–Trinajstić information content (AvgIpc) is 2.84. The number of benzene rings is 3. The van der Waals surface area contributed by atoms with Gasteiger partial charge >= 0.3 is 6.03 Å². The Bertz CT molecular complexity index is 1080. The highest BCUT2D eigenvalue weighted by Gasteiger charge is 2.29. The molecule has 1 unspecified atom stereocenters. The van der Waals surface area contributed by atoms with Gasteiger partial charge in [0.1, 0.15) is 0 Å². The van der Waals surface area contributed by atoms with Crippen LogP contribution < -0.4 is 20.1 Å². The Morgan fingerprint density at radius 2 is 1.70 bits per heavy atom. The van der Waals surface area contributed by atoms with Gasteiger partial charge in [0, 0.05) is 25.3 Å². The van der Waals surface area contributed by atoms with E-state index in [1.54, 1.807) is 14.2 Å². The molecule has 1 aliphatic heterocycles. The van der Waals surface area contributed by atoms with Crippen molar-refractivity contribution in [2.24, 2.45) is 0 Å². The van der Waals surface area contributed by atoms with E-state index in [-0.39, 0.29) is 12.1 Å². The number of hydrogen-bond acceptors (Lipinski definition) is 4. The van der Waals surface area contributed by atoms with Gasteiger partial charge in [0.2, 0.25) is 0 Å². The number of amides is 2. The molecule has 2 N–H and O–H groups in total. The predicted molar refractivity (Wildman–Crippen MR) is 131 cm³/mol. The maximum atomic E-state index is 12.7. The zero-order valence-corrected chi connectivity index (χ0v) is 19.4. The van der Waals surface area contributed by atoms with Crippen LogP contribution in [0.1, 0.15) is 28.3 Å². The summed E-state index contributed by atoms with van der Waals surface area (Å²) in [6, 6.07) is 22.1. The molecule has 0 aliphatic carbocycles. The number of ether oxygens (including phenoxy) is 2. The Morgan fingerprint density at radius 1 is 1.00 bits per heavy atom. The third kappa shape index (κ3) is 5.46. The number of carbonyl (C=O) groups excluding carboxylic acids is 1. The molecular formula is C27H31N3O3. The Morgan fingerprint density at radius 3 is 2.39 bits per heavy atom. The molecule has 3 aromatic carbocycles. The molecule has 1 heterocycles. The number of nitrogens with zero attached hydrogens (tertiary/aromatic N) is 1. The minimum absolute atomic E-state index is 0.0116. The van der Waals surface area contributed by atoms with Crippen LogP contribution in [0.3, 0.4) is 0 Å². The van der Waals surface area contributed by atoms with E-state index in [1.165, 1.54) is 11.1 Å². The van der Waals surface area contributed by atoms with Crippen molar-refractivity contribution in [2.75, 3.05) is 32.6 Å². The Hall–Kier alpha value is -3.51. The summed E-state index contributed by atoms with van der Waals surface area (Å²) in [4.78, 5) is 15.1. The number of urea groups is 1. The molecule has 0 saturated carbocycles. The van der Waals surface area contributed by atoms with Crippen molar-refractivity contribution in [1.82, 2.24) is 10.2 Å². The molecule has 0 aromatic heterocycles. The lowest BCUT2D eigenvalue weighted by Crippen LogP contribution is -2.42. The lowest BCUT2D eigenvalue weighted by molar-refractivity contribution is 0.172. The number of rotatable bonds is 7. The van der Waals surface area contributed by atoms with Gasteiger partial charge in [-0.25, -0.2) is 4.79 Å². The Labute approximate surface area is 195 Å². The summed E-state index contributed by atoms with van der Waals surface area (Å²) in [5.74, 6) is 1.43. The van der Waals surface area contributed by atoms with Crippen molar-refractivity contribution >= 4 is 11.7 Å². The average molecular weight is 446 g/mol. The maximum absolute atomic E-state index is 12.7. The first-order valence-corrected chi connectivity index (χ1v) is 11.2. The smallest absolute Gasteiger partial charge is 0.319 e. The lowest BCUT2D eigenvalue weighted by atomic mass is 9.91. The van der Waals surface area contributed by atoms with Gasteiger partial charge in [-0.05, 0) is 54.3 Å². The van der Waals surface area contributed by atoms with Gasteiger partial charge < -0.3 is 20.1 Å². The zero-order valence-electron chi connectivity index (χ0n) is 19.4. The van der Waals surface area contributed by atoms with Crippen LogP contribution in [0.5, 0.6) is 11.5 Å². The second kappa shape index (κ2) is 10.4. The Kier molecular flexibility index (Phi) is 7.15. The van der Waals surface area contributed by atoms with Crippen LogP contribution in [0.2, 0.25) is 0 Å². The normalized spacial score (nSPS) is 15.4. The highest BCUT2D eigenvalue weighted by atomic mass is 16.5. The highest BCUT2D eigenvalue weighted by Crippen LogP contribution is 2.38. The van der Waals surface area contributed by atoms with Gasteiger partial charge in [0.25, 0.3) is 0 Å². The topological polar surface area (TPSA) is 62.8 Å².